The lowest BCUT2D eigenvalue weighted by Crippen LogP contribution is -2.32. The highest BCUT2D eigenvalue weighted by Crippen LogP contribution is 2.29. The Labute approximate surface area is 128 Å². The maximum absolute atomic E-state index is 13.0. The Balaban J connectivity index is 2.02. The minimum atomic E-state index is -4.14. The van der Waals surface area contributed by atoms with Gasteiger partial charge in [-0.2, -0.15) is 8.78 Å². The molecule has 0 fully saturated rings. The number of carbonyl (C=O) groups is 1. The number of rotatable bonds is 5. The summed E-state index contributed by atoms with van der Waals surface area (Å²) < 4.78 is 42.5. The number of anilines is 1. The van der Waals surface area contributed by atoms with Gasteiger partial charge in [-0.15, -0.1) is 0 Å². The number of halogens is 4. The fraction of sp³-hybridized carbons (Fsp3) is 0.143. The SMILES string of the molecule is O=C(Nc1ccc(OC(F)(F)C(F)Cl)cc1)c1cccnc1. The molecule has 2 rings (SSSR count). The van der Waals surface area contributed by atoms with Crippen molar-refractivity contribution in [1.29, 1.82) is 0 Å². The molecule has 0 saturated carbocycles. The number of hydrogen-bond donors (Lipinski definition) is 1. The third-order valence-corrected chi connectivity index (χ3v) is 2.80. The molecular formula is C14H10ClF3N2O2. The normalized spacial score (nSPS) is 12.5. The van der Waals surface area contributed by atoms with E-state index in [0.717, 1.165) is 12.1 Å². The van der Waals surface area contributed by atoms with E-state index in [9.17, 15) is 18.0 Å². The average molecular weight is 331 g/mol. The number of aromatic nitrogens is 1. The average Bonchev–Trinajstić information content (AvgIpc) is 2.49. The van der Waals surface area contributed by atoms with Crippen LogP contribution in [0.2, 0.25) is 0 Å². The van der Waals surface area contributed by atoms with Gasteiger partial charge in [0.05, 0.1) is 5.56 Å². The molecule has 4 nitrogen and oxygen atoms in total. The molecule has 0 aliphatic heterocycles. The van der Waals surface area contributed by atoms with Crippen LogP contribution in [-0.4, -0.2) is 22.6 Å². The van der Waals surface area contributed by atoms with Gasteiger partial charge in [-0.25, -0.2) is 4.39 Å². The van der Waals surface area contributed by atoms with E-state index in [0.29, 0.717) is 11.3 Å². The van der Waals surface area contributed by atoms with Gasteiger partial charge >= 0.3 is 6.11 Å². The molecule has 1 N–H and O–H groups in total. The first-order valence-corrected chi connectivity index (χ1v) is 6.48. The second kappa shape index (κ2) is 6.65. The molecule has 1 unspecified atom stereocenters. The Morgan fingerprint density at radius 3 is 2.50 bits per heavy atom. The first-order chi connectivity index (χ1) is 10.4. The van der Waals surface area contributed by atoms with Gasteiger partial charge < -0.3 is 10.1 Å². The van der Waals surface area contributed by atoms with Crippen LogP contribution in [0.1, 0.15) is 10.4 Å². The van der Waals surface area contributed by atoms with Crippen molar-refractivity contribution >= 4 is 23.2 Å². The summed E-state index contributed by atoms with van der Waals surface area (Å²) in [6.45, 7) is 0. The molecule has 1 aromatic heterocycles. The van der Waals surface area contributed by atoms with Gasteiger partial charge in [0, 0.05) is 18.1 Å². The van der Waals surface area contributed by atoms with E-state index in [2.05, 4.69) is 26.6 Å². The topological polar surface area (TPSA) is 51.2 Å². The molecule has 0 radical (unpaired) electrons. The van der Waals surface area contributed by atoms with Crippen LogP contribution in [0.25, 0.3) is 0 Å². The predicted octanol–water partition coefficient (Wildman–Crippen LogP) is 3.84. The Bertz CT molecular complexity index is 636. The van der Waals surface area contributed by atoms with Crippen molar-refractivity contribution in [3.05, 3.63) is 54.4 Å². The summed E-state index contributed by atoms with van der Waals surface area (Å²) in [5.41, 5.74) is -2.26. The number of benzene rings is 1. The van der Waals surface area contributed by atoms with E-state index in [1.54, 1.807) is 12.1 Å². The summed E-state index contributed by atoms with van der Waals surface area (Å²) in [7, 11) is 0. The van der Waals surface area contributed by atoms with E-state index in [4.69, 9.17) is 0 Å². The Kier molecular flexibility index (Phi) is 4.87. The largest absolute Gasteiger partial charge is 0.444 e. The summed E-state index contributed by atoms with van der Waals surface area (Å²) in [6, 6.07) is 8.16. The van der Waals surface area contributed by atoms with Crippen LogP contribution in [0.5, 0.6) is 5.75 Å². The lowest BCUT2D eigenvalue weighted by atomic mass is 10.2. The van der Waals surface area contributed by atoms with E-state index >= 15 is 0 Å². The first kappa shape index (κ1) is 16.1. The zero-order valence-corrected chi connectivity index (χ0v) is 11.7. The van der Waals surface area contributed by atoms with Crippen molar-refractivity contribution in [3.8, 4) is 5.75 Å². The number of hydrogen-bond acceptors (Lipinski definition) is 3. The van der Waals surface area contributed by atoms with Gasteiger partial charge in [0.25, 0.3) is 11.5 Å². The van der Waals surface area contributed by atoms with Crippen molar-refractivity contribution in [2.45, 2.75) is 11.7 Å². The van der Waals surface area contributed by atoms with Crippen molar-refractivity contribution in [1.82, 2.24) is 4.98 Å². The van der Waals surface area contributed by atoms with E-state index < -0.39 is 17.6 Å². The molecule has 8 heteroatoms. The molecule has 1 aromatic carbocycles. The number of nitrogens with zero attached hydrogens (tertiary/aromatic N) is 1. The van der Waals surface area contributed by atoms with E-state index in [1.165, 1.54) is 24.5 Å². The van der Waals surface area contributed by atoms with Crippen molar-refractivity contribution in [2.75, 3.05) is 5.32 Å². The summed E-state index contributed by atoms with van der Waals surface area (Å²) in [4.78, 5) is 15.7. The quantitative estimate of drug-likeness (QED) is 0.847. The van der Waals surface area contributed by atoms with Crippen LogP contribution in [-0.2, 0) is 0 Å². The number of amides is 1. The van der Waals surface area contributed by atoms with Crippen LogP contribution in [0.3, 0.4) is 0 Å². The van der Waals surface area contributed by atoms with Crippen LogP contribution >= 0.6 is 11.6 Å². The summed E-state index contributed by atoms with van der Waals surface area (Å²) in [5.74, 6) is -0.690. The molecule has 0 saturated heterocycles. The summed E-state index contributed by atoms with van der Waals surface area (Å²) in [5, 5.41) is 2.55. The van der Waals surface area contributed by atoms with Gasteiger partial charge in [-0.3, -0.25) is 9.78 Å². The maximum Gasteiger partial charge on any atom is 0.444 e. The Morgan fingerprint density at radius 2 is 1.95 bits per heavy atom. The molecule has 116 valence electrons. The van der Waals surface area contributed by atoms with Crippen molar-refractivity contribution < 1.29 is 22.7 Å². The minimum Gasteiger partial charge on any atom is -0.429 e. The molecule has 2 aromatic rings. The lowest BCUT2D eigenvalue weighted by molar-refractivity contribution is -0.199. The molecular weight excluding hydrogens is 321 g/mol. The smallest absolute Gasteiger partial charge is 0.429 e. The number of nitrogens with one attached hydrogen (secondary N) is 1. The summed E-state index contributed by atoms with van der Waals surface area (Å²) in [6.07, 6.45) is -1.23. The highest BCUT2D eigenvalue weighted by Gasteiger charge is 2.42. The van der Waals surface area contributed by atoms with E-state index in [1.807, 2.05) is 0 Å². The molecule has 1 amide bonds. The van der Waals surface area contributed by atoms with Gasteiger partial charge in [0.1, 0.15) is 5.75 Å². The lowest BCUT2D eigenvalue weighted by Gasteiger charge is -2.17. The highest BCUT2D eigenvalue weighted by molar-refractivity contribution is 6.20. The molecule has 1 atom stereocenters. The predicted molar refractivity (Wildman–Crippen MR) is 75.0 cm³/mol. The van der Waals surface area contributed by atoms with Crippen molar-refractivity contribution in [2.24, 2.45) is 0 Å². The maximum atomic E-state index is 13.0. The Hall–Kier alpha value is -2.28. The molecule has 1 heterocycles. The minimum absolute atomic E-state index is 0.285. The summed E-state index contributed by atoms with van der Waals surface area (Å²) >= 11 is 4.68. The van der Waals surface area contributed by atoms with Crippen LogP contribution < -0.4 is 10.1 Å². The number of ether oxygens (including phenoxy) is 1. The fourth-order valence-electron chi connectivity index (χ4n) is 1.51. The number of alkyl halides is 4. The Morgan fingerprint density at radius 1 is 1.27 bits per heavy atom. The third-order valence-electron chi connectivity index (χ3n) is 2.54. The molecule has 22 heavy (non-hydrogen) atoms. The number of pyridine rings is 1. The molecule has 0 spiro atoms. The molecule has 0 aliphatic carbocycles. The van der Waals surface area contributed by atoms with Crippen LogP contribution in [0.4, 0.5) is 18.9 Å². The highest BCUT2D eigenvalue weighted by atomic mass is 35.5. The van der Waals surface area contributed by atoms with Crippen LogP contribution in [0.15, 0.2) is 48.8 Å². The van der Waals surface area contributed by atoms with E-state index in [-0.39, 0.29) is 5.75 Å². The van der Waals surface area contributed by atoms with Gasteiger partial charge in [-0.05, 0) is 36.4 Å². The van der Waals surface area contributed by atoms with Gasteiger partial charge in [0.15, 0.2) is 0 Å². The molecule has 0 aliphatic rings. The van der Waals surface area contributed by atoms with Gasteiger partial charge in [0.2, 0.25) is 0 Å². The third kappa shape index (κ3) is 4.11. The van der Waals surface area contributed by atoms with Crippen LogP contribution in [0, 0.1) is 0 Å². The number of carbonyl (C=O) groups excluding carboxylic acids is 1. The second-order valence-corrected chi connectivity index (χ2v) is 4.57. The fourth-order valence-corrected chi connectivity index (χ4v) is 1.55. The molecule has 0 bridgehead atoms. The standard InChI is InChI=1S/C14H10ClF3N2O2/c15-13(16)14(17,18)22-11-5-3-10(4-6-11)20-12(21)9-2-1-7-19-8-9/h1-8,13H,(H,20,21). The zero-order valence-electron chi connectivity index (χ0n) is 11.0. The van der Waals surface area contributed by atoms with Gasteiger partial charge in [-0.1, -0.05) is 11.6 Å². The monoisotopic (exact) mass is 330 g/mol. The zero-order chi connectivity index (χ0) is 16.2. The first-order valence-electron chi connectivity index (χ1n) is 6.05. The second-order valence-electron chi connectivity index (χ2n) is 4.18. The van der Waals surface area contributed by atoms with Crippen molar-refractivity contribution in [3.63, 3.8) is 0 Å².